The van der Waals surface area contributed by atoms with Gasteiger partial charge in [0.2, 0.25) is 5.43 Å². The van der Waals surface area contributed by atoms with E-state index in [1.165, 1.54) is 35.4 Å². The van der Waals surface area contributed by atoms with Crippen molar-refractivity contribution >= 4 is 39.6 Å². The molecule has 0 bridgehead atoms. The molecule has 0 spiro atoms. The molecule has 5 N–H and O–H groups in total. The van der Waals surface area contributed by atoms with Gasteiger partial charge in [0.15, 0.2) is 5.65 Å². The summed E-state index contributed by atoms with van der Waals surface area (Å²) < 4.78 is 21.9. The summed E-state index contributed by atoms with van der Waals surface area (Å²) in [6.07, 6.45) is 3.59. The average molecular weight is 469 g/mol. The minimum atomic E-state index is -0.680. The van der Waals surface area contributed by atoms with E-state index in [2.05, 4.69) is 15.1 Å². The van der Waals surface area contributed by atoms with Crippen molar-refractivity contribution in [3.63, 3.8) is 0 Å². The van der Waals surface area contributed by atoms with E-state index in [-0.39, 0.29) is 22.6 Å². The maximum Gasteiger partial charge on any atom is 0.200 e. The number of nitrogens with one attached hydrogen (secondary N) is 1. The third kappa shape index (κ3) is 3.52. The van der Waals surface area contributed by atoms with E-state index >= 15 is 0 Å². The van der Waals surface area contributed by atoms with Gasteiger partial charge in [-0.2, -0.15) is 5.10 Å². The van der Waals surface area contributed by atoms with Crippen LogP contribution in [0.4, 0.5) is 10.2 Å². The van der Waals surface area contributed by atoms with Crippen LogP contribution in [0.1, 0.15) is 24.4 Å². The van der Waals surface area contributed by atoms with Gasteiger partial charge in [-0.3, -0.25) is 4.79 Å². The van der Waals surface area contributed by atoms with Crippen molar-refractivity contribution in [3.8, 4) is 11.1 Å². The van der Waals surface area contributed by atoms with E-state index < -0.39 is 11.9 Å². The molecule has 2 aromatic carbocycles. The molecule has 0 saturated carbocycles. The SMILES string of the molecule is CC(c1oc2ccccc2c(=O)c1-c1cccc(F)c1)n1nc(/C(C=N)=C/N)c2c(N)ncnc21. The van der Waals surface area contributed by atoms with Gasteiger partial charge < -0.3 is 21.3 Å². The zero-order valence-corrected chi connectivity index (χ0v) is 18.6. The lowest BCUT2D eigenvalue weighted by Gasteiger charge is -2.17. The number of fused-ring (bicyclic) bond motifs is 2. The highest BCUT2D eigenvalue weighted by molar-refractivity contribution is 6.13. The monoisotopic (exact) mass is 469 g/mol. The molecular formula is C25H20FN7O2. The number of benzene rings is 2. The molecule has 0 saturated heterocycles. The van der Waals surface area contributed by atoms with Crippen molar-refractivity contribution in [2.75, 3.05) is 5.73 Å². The van der Waals surface area contributed by atoms with Crippen molar-refractivity contribution in [2.45, 2.75) is 13.0 Å². The van der Waals surface area contributed by atoms with Crippen LogP contribution in [0.2, 0.25) is 0 Å². The molecule has 5 aromatic rings. The number of anilines is 1. The second-order valence-corrected chi connectivity index (χ2v) is 7.87. The Labute approximate surface area is 198 Å². The first-order chi connectivity index (χ1) is 16.9. The third-order valence-electron chi connectivity index (χ3n) is 5.81. The third-order valence-corrected chi connectivity index (χ3v) is 5.81. The number of rotatable bonds is 5. The summed E-state index contributed by atoms with van der Waals surface area (Å²) in [5, 5.41) is 13.1. The number of halogens is 1. The Hall–Kier alpha value is -4.86. The highest BCUT2D eigenvalue weighted by atomic mass is 19.1. The van der Waals surface area contributed by atoms with Gasteiger partial charge in [0.25, 0.3) is 0 Å². The molecule has 10 heteroatoms. The van der Waals surface area contributed by atoms with E-state index in [4.69, 9.17) is 21.3 Å². The Bertz CT molecular complexity index is 1700. The molecule has 0 amide bonds. The average Bonchev–Trinajstić information content (AvgIpc) is 3.25. The topological polar surface area (TPSA) is 150 Å². The summed E-state index contributed by atoms with van der Waals surface area (Å²) in [6, 6.07) is 12.0. The number of nitrogen functional groups attached to an aromatic ring is 1. The van der Waals surface area contributed by atoms with Crippen molar-refractivity contribution < 1.29 is 8.81 Å². The Kier molecular flexibility index (Phi) is 5.33. The first-order valence-electron chi connectivity index (χ1n) is 10.7. The van der Waals surface area contributed by atoms with Crippen molar-refractivity contribution in [3.05, 3.63) is 88.6 Å². The van der Waals surface area contributed by atoms with Crippen LogP contribution >= 0.6 is 0 Å². The second-order valence-electron chi connectivity index (χ2n) is 7.87. The maximum absolute atomic E-state index is 14.2. The molecule has 1 unspecified atom stereocenters. The minimum Gasteiger partial charge on any atom is -0.458 e. The second kappa shape index (κ2) is 8.49. The highest BCUT2D eigenvalue weighted by Crippen LogP contribution is 2.34. The number of hydrogen-bond donors (Lipinski definition) is 3. The number of nitrogens with two attached hydrogens (primary N) is 2. The minimum absolute atomic E-state index is 0.162. The Morgan fingerprint density at radius 1 is 1.20 bits per heavy atom. The molecule has 174 valence electrons. The summed E-state index contributed by atoms with van der Waals surface area (Å²) in [7, 11) is 0. The predicted octanol–water partition coefficient (Wildman–Crippen LogP) is 3.88. The van der Waals surface area contributed by atoms with Gasteiger partial charge >= 0.3 is 0 Å². The van der Waals surface area contributed by atoms with Gasteiger partial charge in [-0.1, -0.05) is 24.3 Å². The van der Waals surface area contributed by atoms with Crippen LogP contribution in [0.15, 0.2) is 70.3 Å². The van der Waals surface area contributed by atoms with Gasteiger partial charge in [-0.25, -0.2) is 19.0 Å². The van der Waals surface area contributed by atoms with E-state index in [1.54, 1.807) is 37.3 Å². The fraction of sp³-hybridized carbons (Fsp3) is 0.0800. The lowest BCUT2D eigenvalue weighted by atomic mass is 9.99. The normalized spacial score (nSPS) is 12.8. The molecule has 0 fully saturated rings. The molecule has 1 atom stereocenters. The first-order valence-corrected chi connectivity index (χ1v) is 10.7. The van der Waals surface area contributed by atoms with Gasteiger partial charge in [0.1, 0.15) is 41.0 Å². The van der Waals surface area contributed by atoms with Crippen LogP contribution < -0.4 is 16.9 Å². The van der Waals surface area contributed by atoms with E-state index in [9.17, 15) is 9.18 Å². The molecule has 3 aromatic heterocycles. The van der Waals surface area contributed by atoms with Crippen LogP contribution in [-0.4, -0.2) is 26.0 Å². The first kappa shape index (κ1) is 22.0. The van der Waals surface area contributed by atoms with Crippen LogP contribution in [-0.2, 0) is 0 Å². The van der Waals surface area contributed by atoms with Crippen LogP contribution in [0.5, 0.6) is 0 Å². The molecule has 0 aliphatic carbocycles. The molecule has 0 aliphatic rings. The van der Waals surface area contributed by atoms with Gasteiger partial charge in [-0.05, 0) is 36.8 Å². The van der Waals surface area contributed by atoms with E-state index in [0.717, 1.165) is 6.21 Å². The standard InChI is InChI=1S/C25H20FN7O2/c1-13(33-25-20(24(29)30-12-31-25)21(32-33)15(10-27)11-28)23-19(14-5-4-6-16(26)9-14)22(34)17-7-2-3-8-18(17)35-23/h2-13,27H,28H2,1H3,(H2,29,30,31)/b15-11+,27-10?. The summed E-state index contributed by atoms with van der Waals surface area (Å²) in [5.74, 6) is -0.0553. The quantitative estimate of drug-likeness (QED) is 0.331. The molecule has 5 rings (SSSR count). The molecule has 9 nitrogen and oxygen atoms in total. The Morgan fingerprint density at radius 2 is 2.00 bits per heavy atom. The Balaban J connectivity index is 1.84. The largest absolute Gasteiger partial charge is 0.458 e. The maximum atomic E-state index is 14.2. The van der Waals surface area contributed by atoms with Crippen LogP contribution in [0.3, 0.4) is 0 Å². The molecule has 3 heterocycles. The zero-order valence-electron chi connectivity index (χ0n) is 18.6. The van der Waals surface area contributed by atoms with Crippen molar-refractivity contribution in [2.24, 2.45) is 5.73 Å². The molecule has 0 radical (unpaired) electrons. The van der Waals surface area contributed by atoms with Gasteiger partial charge in [-0.15, -0.1) is 0 Å². The van der Waals surface area contributed by atoms with Gasteiger partial charge in [0, 0.05) is 18.0 Å². The van der Waals surface area contributed by atoms with Gasteiger partial charge in [0.05, 0.1) is 16.3 Å². The van der Waals surface area contributed by atoms with Crippen molar-refractivity contribution in [1.82, 2.24) is 19.7 Å². The summed E-state index contributed by atoms with van der Waals surface area (Å²) in [6.45, 7) is 1.78. The summed E-state index contributed by atoms with van der Waals surface area (Å²) >= 11 is 0. The van der Waals surface area contributed by atoms with Crippen molar-refractivity contribution in [1.29, 1.82) is 5.41 Å². The zero-order chi connectivity index (χ0) is 24.7. The number of hydrogen-bond acceptors (Lipinski definition) is 8. The molecule has 35 heavy (non-hydrogen) atoms. The fourth-order valence-electron chi connectivity index (χ4n) is 4.14. The number of para-hydroxylation sites is 1. The number of allylic oxidation sites excluding steroid dienone is 1. The molecule has 0 aliphatic heterocycles. The summed E-state index contributed by atoms with van der Waals surface area (Å²) in [4.78, 5) is 22.0. The lowest BCUT2D eigenvalue weighted by molar-refractivity contribution is 0.444. The van der Waals surface area contributed by atoms with Crippen LogP contribution in [0.25, 0.3) is 38.7 Å². The number of nitrogens with zero attached hydrogens (tertiary/aromatic N) is 4. The predicted molar refractivity (Wildman–Crippen MR) is 132 cm³/mol. The lowest BCUT2D eigenvalue weighted by Crippen LogP contribution is -2.16. The fourth-order valence-corrected chi connectivity index (χ4v) is 4.14. The summed E-state index contributed by atoms with van der Waals surface area (Å²) in [5.41, 5.74) is 13.5. The van der Waals surface area contributed by atoms with Crippen LogP contribution in [0, 0.1) is 11.2 Å². The number of aromatic nitrogens is 4. The van der Waals surface area contributed by atoms with E-state index in [0.29, 0.717) is 38.8 Å². The smallest absolute Gasteiger partial charge is 0.200 e. The Morgan fingerprint density at radius 3 is 2.74 bits per heavy atom. The molecular weight excluding hydrogens is 449 g/mol. The highest BCUT2D eigenvalue weighted by Gasteiger charge is 2.27. The van der Waals surface area contributed by atoms with E-state index in [1.807, 2.05) is 0 Å².